The van der Waals surface area contributed by atoms with Crippen LogP contribution in [0.3, 0.4) is 0 Å². The molecule has 3 heterocycles. The molecule has 1 aliphatic heterocycles. The number of thiazole rings is 1. The average Bonchev–Trinajstić information content (AvgIpc) is 3.45. The van der Waals surface area contributed by atoms with E-state index >= 15 is 0 Å². The van der Waals surface area contributed by atoms with Gasteiger partial charge in [0.1, 0.15) is 0 Å². The van der Waals surface area contributed by atoms with Crippen LogP contribution in [0.15, 0.2) is 66.1 Å². The largest absolute Gasteiger partial charge is 0.339 e. The number of aromatic nitrogens is 3. The van der Waals surface area contributed by atoms with Crippen molar-refractivity contribution in [3.8, 4) is 5.69 Å². The highest BCUT2D eigenvalue weighted by Crippen LogP contribution is 2.34. The van der Waals surface area contributed by atoms with E-state index in [1.807, 2.05) is 52.3 Å². The molecular weight excluding hydrogens is 412 g/mol. The SMILES string of the molecule is CSc1nccn1-c1cccc(C(=O)N2CCC(c3nc4ccccc4s3)CC2)c1. The highest BCUT2D eigenvalue weighted by Gasteiger charge is 2.26. The summed E-state index contributed by atoms with van der Waals surface area (Å²) in [6.45, 7) is 1.54. The third kappa shape index (κ3) is 3.63. The van der Waals surface area contributed by atoms with Crippen molar-refractivity contribution in [1.82, 2.24) is 19.4 Å². The van der Waals surface area contributed by atoms with Crippen LogP contribution < -0.4 is 0 Å². The van der Waals surface area contributed by atoms with Gasteiger partial charge in [-0.1, -0.05) is 30.0 Å². The molecule has 1 fully saturated rings. The van der Waals surface area contributed by atoms with E-state index in [9.17, 15) is 4.79 Å². The zero-order valence-corrected chi connectivity index (χ0v) is 18.3. The number of benzene rings is 2. The van der Waals surface area contributed by atoms with Crippen molar-refractivity contribution < 1.29 is 4.79 Å². The van der Waals surface area contributed by atoms with Crippen molar-refractivity contribution in [1.29, 1.82) is 0 Å². The smallest absolute Gasteiger partial charge is 0.253 e. The van der Waals surface area contributed by atoms with Crippen LogP contribution in [0.2, 0.25) is 0 Å². The fourth-order valence-corrected chi connectivity index (χ4v) is 5.67. The number of para-hydroxylation sites is 1. The molecular formula is C23H22N4OS2. The van der Waals surface area contributed by atoms with Gasteiger partial charge in [0.25, 0.3) is 5.91 Å². The third-order valence-electron chi connectivity index (χ3n) is 5.60. The van der Waals surface area contributed by atoms with Gasteiger partial charge in [-0.25, -0.2) is 9.97 Å². The molecule has 5 rings (SSSR count). The monoisotopic (exact) mass is 434 g/mol. The molecule has 0 radical (unpaired) electrons. The second-order valence-electron chi connectivity index (χ2n) is 7.42. The number of hydrogen-bond donors (Lipinski definition) is 0. The molecule has 30 heavy (non-hydrogen) atoms. The highest BCUT2D eigenvalue weighted by atomic mass is 32.2. The Morgan fingerprint density at radius 2 is 1.97 bits per heavy atom. The molecule has 2 aromatic carbocycles. The molecule has 152 valence electrons. The number of thioether (sulfide) groups is 1. The van der Waals surface area contributed by atoms with Crippen LogP contribution in [0.1, 0.15) is 34.1 Å². The van der Waals surface area contributed by atoms with E-state index < -0.39 is 0 Å². The minimum atomic E-state index is 0.102. The Balaban J connectivity index is 1.29. The van der Waals surface area contributed by atoms with E-state index in [-0.39, 0.29) is 5.91 Å². The summed E-state index contributed by atoms with van der Waals surface area (Å²) in [6.07, 6.45) is 7.64. The van der Waals surface area contributed by atoms with Gasteiger partial charge in [-0.15, -0.1) is 11.3 Å². The molecule has 1 amide bonds. The number of fused-ring (bicyclic) bond motifs is 1. The van der Waals surface area contributed by atoms with Gasteiger partial charge in [0.2, 0.25) is 0 Å². The lowest BCUT2D eigenvalue weighted by Crippen LogP contribution is -2.37. The number of carbonyl (C=O) groups is 1. The van der Waals surface area contributed by atoms with E-state index in [1.165, 1.54) is 9.71 Å². The maximum absolute atomic E-state index is 13.1. The Bertz CT molecular complexity index is 1160. The van der Waals surface area contributed by atoms with Crippen LogP contribution in [0.25, 0.3) is 15.9 Å². The Labute approximate surface area is 183 Å². The fourth-order valence-electron chi connectivity index (χ4n) is 4.00. The average molecular weight is 435 g/mol. The number of imidazole rings is 1. The number of rotatable bonds is 4. The number of carbonyl (C=O) groups excluding carboxylic acids is 1. The fraction of sp³-hybridized carbons (Fsp3) is 0.261. The first-order chi connectivity index (χ1) is 14.7. The van der Waals surface area contributed by atoms with Gasteiger partial charge in [-0.3, -0.25) is 9.36 Å². The third-order valence-corrected chi connectivity index (χ3v) is 7.47. The molecule has 0 spiro atoms. The number of hydrogen-bond acceptors (Lipinski definition) is 5. The minimum Gasteiger partial charge on any atom is -0.339 e. The summed E-state index contributed by atoms with van der Waals surface area (Å²) in [6, 6.07) is 16.1. The van der Waals surface area contributed by atoms with Crippen LogP contribution in [-0.2, 0) is 0 Å². The first-order valence-corrected chi connectivity index (χ1v) is 12.1. The molecule has 0 atom stereocenters. The lowest BCUT2D eigenvalue weighted by atomic mass is 9.97. The van der Waals surface area contributed by atoms with E-state index in [0.717, 1.165) is 47.9 Å². The Morgan fingerprint density at radius 3 is 2.77 bits per heavy atom. The molecule has 0 aliphatic carbocycles. The Morgan fingerprint density at radius 1 is 1.13 bits per heavy atom. The van der Waals surface area contributed by atoms with E-state index in [1.54, 1.807) is 29.3 Å². The van der Waals surface area contributed by atoms with Gasteiger partial charge in [-0.05, 0) is 49.4 Å². The molecule has 1 saturated heterocycles. The first-order valence-electron chi connectivity index (χ1n) is 10.1. The van der Waals surface area contributed by atoms with Crippen molar-refractivity contribution in [3.63, 3.8) is 0 Å². The van der Waals surface area contributed by atoms with E-state index in [4.69, 9.17) is 4.98 Å². The van der Waals surface area contributed by atoms with Crippen LogP contribution in [0.5, 0.6) is 0 Å². The lowest BCUT2D eigenvalue weighted by Gasteiger charge is -2.31. The van der Waals surface area contributed by atoms with Crippen LogP contribution in [-0.4, -0.2) is 44.7 Å². The van der Waals surface area contributed by atoms with Gasteiger partial charge in [0.15, 0.2) is 5.16 Å². The van der Waals surface area contributed by atoms with Crippen molar-refractivity contribution >= 4 is 39.2 Å². The lowest BCUT2D eigenvalue weighted by molar-refractivity contribution is 0.0713. The van der Waals surface area contributed by atoms with E-state index in [2.05, 4.69) is 23.2 Å². The second kappa shape index (κ2) is 8.24. The molecule has 5 nitrogen and oxygen atoms in total. The topological polar surface area (TPSA) is 51.0 Å². The summed E-state index contributed by atoms with van der Waals surface area (Å²) in [4.78, 5) is 24.3. The molecule has 4 aromatic rings. The maximum atomic E-state index is 13.1. The number of amides is 1. The molecule has 7 heteroatoms. The maximum Gasteiger partial charge on any atom is 0.253 e. The van der Waals surface area contributed by atoms with Gasteiger partial charge in [-0.2, -0.15) is 0 Å². The summed E-state index contributed by atoms with van der Waals surface area (Å²) in [5, 5.41) is 2.12. The minimum absolute atomic E-state index is 0.102. The van der Waals surface area contributed by atoms with Crippen molar-refractivity contribution in [3.05, 3.63) is 71.5 Å². The standard InChI is InChI=1S/C23H22N4OS2/c1-29-23-24-11-14-27(23)18-6-4-5-17(15-18)22(28)26-12-9-16(10-13-26)21-25-19-7-2-3-8-20(19)30-21/h2-8,11,14-16H,9-10,12-13H2,1H3. The van der Waals surface area contributed by atoms with Crippen LogP contribution >= 0.6 is 23.1 Å². The normalized spacial score (nSPS) is 15.0. The predicted molar refractivity (Wildman–Crippen MR) is 123 cm³/mol. The molecule has 0 bridgehead atoms. The molecule has 1 aliphatic rings. The van der Waals surface area contributed by atoms with E-state index in [0.29, 0.717) is 5.92 Å². The molecule has 2 aromatic heterocycles. The summed E-state index contributed by atoms with van der Waals surface area (Å²) in [5.41, 5.74) is 2.77. The predicted octanol–water partition coefficient (Wildman–Crippen LogP) is 5.22. The van der Waals surface area contributed by atoms with Gasteiger partial charge < -0.3 is 4.90 Å². The van der Waals surface area contributed by atoms with Crippen molar-refractivity contribution in [2.45, 2.75) is 23.9 Å². The van der Waals surface area contributed by atoms with Crippen LogP contribution in [0.4, 0.5) is 0 Å². The summed E-state index contributed by atoms with van der Waals surface area (Å²) in [5.74, 6) is 0.540. The number of likely N-dealkylation sites (tertiary alicyclic amines) is 1. The zero-order valence-electron chi connectivity index (χ0n) is 16.7. The van der Waals surface area contributed by atoms with Crippen LogP contribution in [0, 0.1) is 0 Å². The summed E-state index contributed by atoms with van der Waals surface area (Å²) < 4.78 is 3.26. The highest BCUT2D eigenvalue weighted by molar-refractivity contribution is 7.98. The molecule has 0 N–H and O–H groups in total. The summed E-state index contributed by atoms with van der Waals surface area (Å²) >= 11 is 3.38. The van der Waals surface area contributed by atoms with Gasteiger partial charge in [0.05, 0.1) is 15.2 Å². The zero-order chi connectivity index (χ0) is 20.5. The second-order valence-corrected chi connectivity index (χ2v) is 9.26. The number of piperidine rings is 1. The Hall–Kier alpha value is -2.64. The van der Waals surface area contributed by atoms with Crippen molar-refractivity contribution in [2.75, 3.05) is 19.3 Å². The van der Waals surface area contributed by atoms with Crippen molar-refractivity contribution in [2.24, 2.45) is 0 Å². The molecule has 0 unspecified atom stereocenters. The number of nitrogens with zero attached hydrogens (tertiary/aromatic N) is 4. The van der Waals surface area contributed by atoms with Gasteiger partial charge in [0, 0.05) is 42.7 Å². The quantitative estimate of drug-likeness (QED) is 0.413. The first kappa shape index (κ1) is 19.3. The Kier molecular flexibility index (Phi) is 5.31. The van der Waals surface area contributed by atoms with Gasteiger partial charge >= 0.3 is 0 Å². The summed E-state index contributed by atoms with van der Waals surface area (Å²) in [7, 11) is 0. The molecule has 0 saturated carbocycles.